The fraction of sp³-hybridized carbons (Fsp3) is 0.412. The minimum absolute atomic E-state index is 0.0835. The molecule has 1 rings (SSSR count). The van der Waals surface area contributed by atoms with Gasteiger partial charge in [-0.25, -0.2) is 4.79 Å². The highest BCUT2D eigenvalue weighted by Crippen LogP contribution is 2.12. The number of carbonyl (C=O) groups is 2. The van der Waals surface area contributed by atoms with Crippen molar-refractivity contribution in [3.05, 3.63) is 42.0 Å². The molecule has 1 aromatic carbocycles. The molecular formula is C17H23NO4. The third-order valence-corrected chi connectivity index (χ3v) is 3.02. The lowest BCUT2D eigenvalue weighted by molar-refractivity contribution is -0.146. The van der Waals surface area contributed by atoms with Crippen LogP contribution in [0.25, 0.3) is 0 Å². The second kappa shape index (κ2) is 8.22. The van der Waals surface area contributed by atoms with Crippen LogP contribution in [0.5, 0.6) is 5.75 Å². The summed E-state index contributed by atoms with van der Waals surface area (Å²) in [5.74, 6) is -0.203. The van der Waals surface area contributed by atoms with Crippen molar-refractivity contribution in [2.24, 2.45) is 5.92 Å². The summed E-state index contributed by atoms with van der Waals surface area (Å²) in [4.78, 5) is 24.3. The third kappa shape index (κ3) is 5.24. The van der Waals surface area contributed by atoms with Crippen molar-refractivity contribution in [3.8, 4) is 5.75 Å². The predicted octanol–water partition coefficient (Wildman–Crippen LogP) is 2.57. The molecule has 1 aromatic rings. The number of methoxy groups -OCH3 is 1. The zero-order valence-corrected chi connectivity index (χ0v) is 13.5. The van der Waals surface area contributed by atoms with Gasteiger partial charge >= 0.3 is 5.97 Å². The lowest BCUT2D eigenvalue weighted by atomic mass is 10.0. The molecule has 1 N–H and O–H groups in total. The normalized spacial score (nSPS) is 11.7. The van der Waals surface area contributed by atoms with E-state index >= 15 is 0 Å². The van der Waals surface area contributed by atoms with Gasteiger partial charge in [0.1, 0.15) is 18.4 Å². The number of hydrogen-bond acceptors (Lipinski definition) is 4. The van der Waals surface area contributed by atoms with Crippen LogP contribution in [0.2, 0.25) is 0 Å². The van der Waals surface area contributed by atoms with Gasteiger partial charge in [-0.1, -0.05) is 20.4 Å². The summed E-state index contributed by atoms with van der Waals surface area (Å²) in [7, 11) is 1.56. The average Bonchev–Trinajstić information content (AvgIpc) is 2.49. The molecule has 22 heavy (non-hydrogen) atoms. The Hall–Kier alpha value is -2.30. The Morgan fingerprint density at radius 2 is 1.82 bits per heavy atom. The van der Waals surface area contributed by atoms with Crippen LogP contribution in [0.4, 0.5) is 0 Å². The molecule has 0 spiro atoms. The van der Waals surface area contributed by atoms with Gasteiger partial charge in [0.25, 0.3) is 5.91 Å². The molecule has 0 saturated carbocycles. The Labute approximate surface area is 131 Å². The van der Waals surface area contributed by atoms with Gasteiger partial charge in [0, 0.05) is 5.56 Å². The summed E-state index contributed by atoms with van der Waals surface area (Å²) < 4.78 is 10.2. The number of carbonyl (C=O) groups excluding carboxylic acids is 2. The fourth-order valence-corrected chi connectivity index (χ4v) is 1.75. The molecule has 0 heterocycles. The van der Waals surface area contributed by atoms with Gasteiger partial charge < -0.3 is 14.8 Å². The van der Waals surface area contributed by atoms with Gasteiger partial charge in [0.05, 0.1) is 7.11 Å². The first-order chi connectivity index (χ1) is 10.3. The van der Waals surface area contributed by atoms with E-state index in [-0.39, 0.29) is 18.4 Å². The maximum Gasteiger partial charge on any atom is 0.329 e. The Morgan fingerprint density at radius 1 is 1.23 bits per heavy atom. The molecule has 1 atom stereocenters. The highest BCUT2D eigenvalue weighted by atomic mass is 16.5. The van der Waals surface area contributed by atoms with Crippen molar-refractivity contribution >= 4 is 11.9 Å². The van der Waals surface area contributed by atoms with Gasteiger partial charge in [-0.3, -0.25) is 4.79 Å². The molecule has 0 unspecified atom stereocenters. The van der Waals surface area contributed by atoms with E-state index in [1.54, 1.807) is 38.3 Å². The largest absolute Gasteiger partial charge is 0.497 e. The van der Waals surface area contributed by atoms with Crippen molar-refractivity contribution < 1.29 is 19.1 Å². The Bertz CT molecular complexity index is 534. The van der Waals surface area contributed by atoms with Crippen molar-refractivity contribution in [1.82, 2.24) is 5.32 Å². The maximum absolute atomic E-state index is 12.2. The van der Waals surface area contributed by atoms with E-state index in [1.807, 2.05) is 13.8 Å². The zero-order chi connectivity index (χ0) is 16.7. The monoisotopic (exact) mass is 305 g/mol. The molecule has 0 saturated heterocycles. The Balaban J connectivity index is 2.74. The van der Waals surface area contributed by atoms with Crippen LogP contribution in [-0.4, -0.2) is 31.6 Å². The van der Waals surface area contributed by atoms with Crippen LogP contribution in [0.3, 0.4) is 0 Å². The second-order valence-electron chi connectivity index (χ2n) is 5.49. The molecule has 5 heteroatoms. The number of nitrogens with one attached hydrogen (secondary N) is 1. The topological polar surface area (TPSA) is 64.6 Å². The Morgan fingerprint density at radius 3 is 2.27 bits per heavy atom. The minimum Gasteiger partial charge on any atom is -0.497 e. The van der Waals surface area contributed by atoms with Crippen molar-refractivity contribution in [2.75, 3.05) is 13.7 Å². The smallest absolute Gasteiger partial charge is 0.329 e. The van der Waals surface area contributed by atoms with E-state index < -0.39 is 12.0 Å². The average molecular weight is 305 g/mol. The molecule has 0 aliphatic carbocycles. The van der Waals surface area contributed by atoms with E-state index in [2.05, 4.69) is 11.9 Å². The molecule has 0 fully saturated rings. The minimum atomic E-state index is -0.700. The van der Waals surface area contributed by atoms with Crippen molar-refractivity contribution in [3.63, 3.8) is 0 Å². The van der Waals surface area contributed by atoms with E-state index in [9.17, 15) is 9.59 Å². The highest BCUT2D eigenvalue weighted by molar-refractivity contribution is 5.96. The van der Waals surface area contributed by atoms with Crippen LogP contribution in [0, 0.1) is 5.92 Å². The van der Waals surface area contributed by atoms with Gasteiger partial charge in [-0.15, -0.1) is 0 Å². The lowest BCUT2D eigenvalue weighted by Crippen LogP contribution is -2.45. The second-order valence-corrected chi connectivity index (χ2v) is 5.49. The number of hydrogen-bond donors (Lipinski definition) is 1. The molecule has 0 aliphatic rings. The SMILES string of the molecule is C=C(C)COC(=O)[C@@H](NC(=O)c1ccc(OC)cc1)C(C)C. The van der Waals surface area contributed by atoms with Crippen LogP contribution < -0.4 is 10.1 Å². The summed E-state index contributed by atoms with van der Waals surface area (Å²) in [5.41, 5.74) is 1.21. The standard InChI is InChI=1S/C17H23NO4/c1-11(2)10-22-17(20)15(12(3)4)18-16(19)13-6-8-14(21-5)9-7-13/h6-9,12,15H,1,10H2,2-5H3,(H,18,19)/t15-/m0/s1. The number of rotatable bonds is 7. The fourth-order valence-electron chi connectivity index (χ4n) is 1.75. The number of amides is 1. The van der Waals surface area contributed by atoms with Gasteiger partial charge in [-0.2, -0.15) is 0 Å². The van der Waals surface area contributed by atoms with E-state index in [0.717, 1.165) is 5.57 Å². The number of ether oxygens (including phenoxy) is 2. The zero-order valence-electron chi connectivity index (χ0n) is 13.5. The maximum atomic E-state index is 12.2. The summed E-state index contributed by atoms with van der Waals surface area (Å²) >= 11 is 0. The first-order valence-corrected chi connectivity index (χ1v) is 7.11. The summed E-state index contributed by atoms with van der Waals surface area (Å²) in [5, 5.41) is 2.71. The van der Waals surface area contributed by atoms with Crippen LogP contribution in [-0.2, 0) is 9.53 Å². The molecule has 0 aromatic heterocycles. The van der Waals surface area contributed by atoms with Crippen LogP contribution >= 0.6 is 0 Å². The molecule has 0 bridgehead atoms. The first kappa shape index (κ1) is 17.8. The summed E-state index contributed by atoms with van der Waals surface area (Å²) in [6, 6.07) is 5.97. The van der Waals surface area contributed by atoms with Crippen LogP contribution in [0.15, 0.2) is 36.4 Å². The van der Waals surface area contributed by atoms with E-state index in [4.69, 9.17) is 9.47 Å². The van der Waals surface area contributed by atoms with Crippen molar-refractivity contribution in [2.45, 2.75) is 26.8 Å². The number of esters is 1. The molecule has 0 aliphatic heterocycles. The first-order valence-electron chi connectivity index (χ1n) is 7.11. The molecular weight excluding hydrogens is 282 g/mol. The van der Waals surface area contributed by atoms with Gasteiger partial charge in [0.15, 0.2) is 0 Å². The molecule has 0 radical (unpaired) electrons. The molecule has 1 amide bonds. The summed E-state index contributed by atoms with van der Waals surface area (Å²) in [6.45, 7) is 9.30. The molecule has 5 nitrogen and oxygen atoms in total. The predicted molar refractivity (Wildman–Crippen MR) is 84.9 cm³/mol. The lowest BCUT2D eigenvalue weighted by Gasteiger charge is -2.21. The third-order valence-electron chi connectivity index (χ3n) is 3.02. The van der Waals surface area contributed by atoms with Crippen LogP contribution in [0.1, 0.15) is 31.1 Å². The highest BCUT2D eigenvalue weighted by Gasteiger charge is 2.26. The molecule has 120 valence electrons. The Kier molecular flexibility index (Phi) is 6.63. The summed E-state index contributed by atoms with van der Waals surface area (Å²) in [6.07, 6.45) is 0. The van der Waals surface area contributed by atoms with Gasteiger partial charge in [0.2, 0.25) is 0 Å². The number of benzene rings is 1. The van der Waals surface area contributed by atoms with E-state index in [1.165, 1.54) is 0 Å². The quantitative estimate of drug-likeness (QED) is 0.621. The van der Waals surface area contributed by atoms with Gasteiger partial charge in [-0.05, 0) is 42.7 Å². The van der Waals surface area contributed by atoms with Crippen molar-refractivity contribution in [1.29, 1.82) is 0 Å². The van der Waals surface area contributed by atoms with E-state index in [0.29, 0.717) is 11.3 Å².